The predicted molar refractivity (Wildman–Crippen MR) is 77.5 cm³/mol. The van der Waals surface area contributed by atoms with Crippen molar-refractivity contribution in [1.29, 1.82) is 0 Å². The highest BCUT2D eigenvalue weighted by molar-refractivity contribution is 5.32. The Labute approximate surface area is 120 Å². The first kappa shape index (κ1) is 15.3. The summed E-state index contributed by atoms with van der Waals surface area (Å²) in [5, 5.41) is 3.50. The van der Waals surface area contributed by atoms with Crippen molar-refractivity contribution in [3.05, 3.63) is 29.6 Å². The Kier molecular flexibility index (Phi) is 5.80. The van der Waals surface area contributed by atoms with Gasteiger partial charge in [0.05, 0.1) is 7.11 Å². The number of benzene rings is 1. The lowest BCUT2D eigenvalue weighted by molar-refractivity contribution is 0.0605. The predicted octanol–water partition coefficient (Wildman–Crippen LogP) is 3.30. The SMILES string of the molecule is CCNC(CC1CCOCC1)c1ccc(F)c(OC)c1. The fourth-order valence-corrected chi connectivity index (χ4v) is 2.79. The topological polar surface area (TPSA) is 30.5 Å². The van der Waals surface area contributed by atoms with Gasteiger partial charge in [-0.2, -0.15) is 0 Å². The van der Waals surface area contributed by atoms with Gasteiger partial charge in [0.1, 0.15) is 0 Å². The number of hydrogen-bond donors (Lipinski definition) is 1. The average molecular weight is 281 g/mol. The molecule has 0 aliphatic carbocycles. The molecule has 0 aromatic heterocycles. The minimum Gasteiger partial charge on any atom is -0.494 e. The summed E-state index contributed by atoms with van der Waals surface area (Å²) in [5.41, 5.74) is 1.09. The molecule has 0 bridgehead atoms. The van der Waals surface area contributed by atoms with Gasteiger partial charge in [0.2, 0.25) is 0 Å². The van der Waals surface area contributed by atoms with E-state index in [1.54, 1.807) is 0 Å². The van der Waals surface area contributed by atoms with Crippen LogP contribution in [0.25, 0.3) is 0 Å². The van der Waals surface area contributed by atoms with Gasteiger partial charge in [0.15, 0.2) is 11.6 Å². The molecule has 1 aliphatic heterocycles. The molecule has 1 N–H and O–H groups in total. The van der Waals surface area contributed by atoms with Crippen molar-refractivity contribution in [3.8, 4) is 5.75 Å². The van der Waals surface area contributed by atoms with Crippen LogP contribution >= 0.6 is 0 Å². The lowest BCUT2D eigenvalue weighted by atomic mass is 9.89. The number of rotatable bonds is 6. The molecular weight excluding hydrogens is 257 g/mol. The smallest absolute Gasteiger partial charge is 0.165 e. The van der Waals surface area contributed by atoms with Crippen LogP contribution < -0.4 is 10.1 Å². The Morgan fingerprint density at radius 2 is 2.15 bits per heavy atom. The summed E-state index contributed by atoms with van der Waals surface area (Å²) < 4.78 is 24.0. The molecule has 1 aromatic carbocycles. The highest BCUT2D eigenvalue weighted by atomic mass is 19.1. The fraction of sp³-hybridized carbons (Fsp3) is 0.625. The quantitative estimate of drug-likeness (QED) is 0.868. The number of halogens is 1. The molecule has 1 aromatic rings. The average Bonchev–Trinajstić information content (AvgIpc) is 2.48. The van der Waals surface area contributed by atoms with Gasteiger partial charge < -0.3 is 14.8 Å². The first-order valence-corrected chi connectivity index (χ1v) is 7.39. The summed E-state index contributed by atoms with van der Waals surface area (Å²) in [6.45, 7) is 4.71. The zero-order valence-corrected chi connectivity index (χ0v) is 12.3. The molecule has 0 radical (unpaired) electrons. The molecule has 1 fully saturated rings. The highest BCUT2D eigenvalue weighted by Gasteiger charge is 2.20. The van der Waals surface area contributed by atoms with E-state index in [4.69, 9.17) is 9.47 Å². The van der Waals surface area contributed by atoms with E-state index in [-0.39, 0.29) is 11.9 Å². The molecule has 2 rings (SSSR count). The number of nitrogens with one attached hydrogen (secondary N) is 1. The molecule has 1 unspecified atom stereocenters. The first-order chi connectivity index (χ1) is 9.74. The normalized spacial score (nSPS) is 17.9. The minimum atomic E-state index is -0.308. The summed E-state index contributed by atoms with van der Waals surface area (Å²) in [5.74, 6) is 0.679. The Morgan fingerprint density at radius 1 is 1.40 bits per heavy atom. The number of methoxy groups -OCH3 is 1. The molecule has 112 valence electrons. The zero-order chi connectivity index (χ0) is 14.4. The summed E-state index contributed by atoms with van der Waals surface area (Å²) in [4.78, 5) is 0. The zero-order valence-electron chi connectivity index (χ0n) is 12.3. The maximum atomic E-state index is 13.5. The second-order valence-corrected chi connectivity index (χ2v) is 5.30. The van der Waals surface area contributed by atoms with E-state index < -0.39 is 0 Å². The van der Waals surface area contributed by atoms with Crippen LogP contribution in [0.5, 0.6) is 5.75 Å². The van der Waals surface area contributed by atoms with Crippen LogP contribution in [-0.2, 0) is 4.74 Å². The Morgan fingerprint density at radius 3 is 2.80 bits per heavy atom. The molecule has 20 heavy (non-hydrogen) atoms. The van der Waals surface area contributed by atoms with Gasteiger partial charge in [0, 0.05) is 19.3 Å². The first-order valence-electron chi connectivity index (χ1n) is 7.39. The maximum Gasteiger partial charge on any atom is 0.165 e. The van der Waals surface area contributed by atoms with Crippen LogP contribution in [-0.4, -0.2) is 26.9 Å². The molecular formula is C16H24FNO2. The Bertz CT molecular complexity index is 419. The van der Waals surface area contributed by atoms with E-state index >= 15 is 0 Å². The lowest BCUT2D eigenvalue weighted by Gasteiger charge is -2.27. The van der Waals surface area contributed by atoms with E-state index in [0.717, 1.165) is 44.6 Å². The number of hydrogen-bond acceptors (Lipinski definition) is 3. The van der Waals surface area contributed by atoms with E-state index in [0.29, 0.717) is 11.7 Å². The van der Waals surface area contributed by atoms with Crippen molar-refractivity contribution < 1.29 is 13.9 Å². The summed E-state index contributed by atoms with van der Waals surface area (Å²) >= 11 is 0. The second-order valence-electron chi connectivity index (χ2n) is 5.30. The van der Waals surface area contributed by atoms with Crippen molar-refractivity contribution >= 4 is 0 Å². The lowest BCUT2D eigenvalue weighted by Crippen LogP contribution is -2.26. The van der Waals surface area contributed by atoms with Crippen molar-refractivity contribution in [2.45, 2.75) is 32.2 Å². The summed E-state index contributed by atoms with van der Waals surface area (Å²) in [7, 11) is 1.50. The van der Waals surface area contributed by atoms with Crippen molar-refractivity contribution in [3.63, 3.8) is 0 Å². The molecule has 0 amide bonds. The van der Waals surface area contributed by atoms with Crippen molar-refractivity contribution in [2.75, 3.05) is 26.9 Å². The molecule has 3 nitrogen and oxygen atoms in total. The van der Waals surface area contributed by atoms with E-state index in [9.17, 15) is 4.39 Å². The standard InChI is InChI=1S/C16H24FNO2/c1-3-18-15(10-12-6-8-20-9-7-12)13-4-5-14(17)16(11-13)19-2/h4-5,11-12,15,18H,3,6-10H2,1-2H3. The third-order valence-corrected chi connectivity index (χ3v) is 3.94. The van der Waals surface area contributed by atoms with E-state index in [2.05, 4.69) is 12.2 Å². The maximum absolute atomic E-state index is 13.5. The molecule has 1 saturated heterocycles. The largest absolute Gasteiger partial charge is 0.494 e. The second kappa shape index (κ2) is 7.60. The third kappa shape index (κ3) is 3.93. The van der Waals surface area contributed by atoms with Gasteiger partial charge in [-0.15, -0.1) is 0 Å². The van der Waals surface area contributed by atoms with E-state index in [1.807, 2.05) is 12.1 Å². The van der Waals surface area contributed by atoms with Crippen LogP contribution in [0, 0.1) is 11.7 Å². The van der Waals surface area contributed by atoms with Gasteiger partial charge in [-0.1, -0.05) is 13.0 Å². The highest BCUT2D eigenvalue weighted by Crippen LogP contribution is 2.30. The van der Waals surface area contributed by atoms with Crippen LogP contribution in [0.2, 0.25) is 0 Å². The minimum absolute atomic E-state index is 0.248. The third-order valence-electron chi connectivity index (χ3n) is 3.94. The molecule has 4 heteroatoms. The van der Waals surface area contributed by atoms with Crippen LogP contribution in [0.15, 0.2) is 18.2 Å². The van der Waals surface area contributed by atoms with Gasteiger partial charge >= 0.3 is 0 Å². The number of ether oxygens (including phenoxy) is 2. The molecule has 0 saturated carbocycles. The molecule has 1 aliphatic rings. The molecule has 1 atom stereocenters. The molecule has 0 spiro atoms. The fourth-order valence-electron chi connectivity index (χ4n) is 2.79. The monoisotopic (exact) mass is 281 g/mol. The Balaban J connectivity index is 2.10. The van der Waals surface area contributed by atoms with Crippen molar-refractivity contribution in [2.24, 2.45) is 5.92 Å². The van der Waals surface area contributed by atoms with E-state index in [1.165, 1.54) is 13.2 Å². The van der Waals surface area contributed by atoms with Crippen molar-refractivity contribution in [1.82, 2.24) is 5.32 Å². The molecule has 1 heterocycles. The summed E-state index contributed by atoms with van der Waals surface area (Å²) in [6.07, 6.45) is 3.28. The van der Waals surface area contributed by atoms with Crippen LogP contribution in [0.4, 0.5) is 4.39 Å². The summed E-state index contributed by atoms with van der Waals surface area (Å²) in [6, 6.07) is 5.40. The van der Waals surface area contributed by atoms with Gasteiger partial charge in [-0.25, -0.2) is 4.39 Å². The van der Waals surface area contributed by atoms with Crippen LogP contribution in [0.3, 0.4) is 0 Å². The van der Waals surface area contributed by atoms with Crippen LogP contribution in [0.1, 0.15) is 37.8 Å². The van der Waals surface area contributed by atoms with Gasteiger partial charge in [0.25, 0.3) is 0 Å². The van der Waals surface area contributed by atoms with Gasteiger partial charge in [-0.3, -0.25) is 0 Å². The Hall–Kier alpha value is -1.13. The van der Waals surface area contributed by atoms with Gasteiger partial charge in [-0.05, 0) is 49.4 Å².